The Balaban J connectivity index is 2.73. The number of hydrogen-bond acceptors (Lipinski definition) is 4. The zero-order valence-electron chi connectivity index (χ0n) is 11.8. The van der Waals surface area contributed by atoms with Gasteiger partial charge in [-0.3, -0.25) is 0 Å². The van der Waals surface area contributed by atoms with Crippen molar-refractivity contribution >= 4 is 0 Å². The summed E-state index contributed by atoms with van der Waals surface area (Å²) in [4.78, 5) is 0. The minimum absolute atomic E-state index is 0.0264. The molecule has 0 aliphatic carbocycles. The van der Waals surface area contributed by atoms with E-state index in [2.05, 4.69) is 13.8 Å². The first-order valence-corrected chi connectivity index (χ1v) is 6.33. The topological polar surface area (TPSA) is 36.9 Å². The van der Waals surface area contributed by atoms with E-state index in [1.54, 1.807) is 14.2 Å². The largest absolute Gasteiger partial charge is 0.376 e. The molecule has 5 atom stereocenters. The molecular formula is C13H26O4. The SMILES string of the molecule is CO[C@@H]1[C@H](OCC(C)C)[C@@H](OC)C(C)O[C@H]1C. The van der Waals surface area contributed by atoms with Crippen LogP contribution in [-0.2, 0) is 18.9 Å². The molecule has 1 aliphatic heterocycles. The molecule has 0 aromatic rings. The Kier molecular flexibility index (Phi) is 5.86. The van der Waals surface area contributed by atoms with Crippen LogP contribution in [0.15, 0.2) is 0 Å². The van der Waals surface area contributed by atoms with Gasteiger partial charge < -0.3 is 18.9 Å². The summed E-state index contributed by atoms with van der Waals surface area (Å²) >= 11 is 0. The maximum Gasteiger partial charge on any atom is 0.115 e. The van der Waals surface area contributed by atoms with Crippen molar-refractivity contribution < 1.29 is 18.9 Å². The molecule has 0 radical (unpaired) electrons. The van der Waals surface area contributed by atoms with Crippen molar-refractivity contribution in [2.45, 2.75) is 58.2 Å². The Morgan fingerprint density at radius 2 is 1.41 bits per heavy atom. The lowest BCUT2D eigenvalue weighted by atomic mass is 9.95. The number of rotatable bonds is 5. The Morgan fingerprint density at radius 1 is 0.941 bits per heavy atom. The van der Waals surface area contributed by atoms with Crippen molar-refractivity contribution in [2.24, 2.45) is 5.92 Å². The molecule has 1 fully saturated rings. The summed E-state index contributed by atoms with van der Waals surface area (Å²) in [7, 11) is 3.39. The minimum atomic E-state index is -0.0742. The molecule has 1 heterocycles. The van der Waals surface area contributed by atoms with Crippen LogP contribution in [0.1, 0.15) is 27.7 Å². The molecular weight excluding hydrogens is 220 g/mol. The van der Waals surface area contributed by atoms with Crippen molar-refractivity contribution in [2.75, 3.05) is 20.8 Å². The van der Waals surface area contributed by atoms with E-state index in [4.69, 9.17) is 18.9 Å². The monoisotopic (exact) mass is 246 g/mol. The van der Waals surface area contributed by atoms with Gasteiger partial charge in [-0.05, 0) is 19.8 Å². The third-order valence-electron chi connectivity index (χ3n) is 3.17. The Bertz CT molecular complexity index is 203. The van der Waals surface area contributed by atoms with E-state index >= 15 is 0 Å². The van der Waals surface area contributed by atoms with Crippen LogP contribution in [0.5, 0.6) is 0 Å². The predicted molar refractivity (Wildman–Crippen MR) is 66.2 cm³/mol. The van der Waals surface area contributed by atoms with Gasteiger partial charge in [-0.25, -0.2) is 0 Å². The van der Waals surface area contributed by atoms with Gasteiger partial charge in [-0.1, -0.05) is 13.8 Å². The zero-order valence-corrected chi connectivity index (χ0v) is 11.8. The van der Waals surface area contributed by atoms with Crippen LogP contribution in [0.2, 0.25) is 0 Å². The zero-order chi connectivity index (χ0) is 13.0. The summed E-state index contributed by atoms with van der Waals surface area (Å²) in [6.07, 6.45) is -0.159. The quantitative estimate of drug-likeness (QED) is 0.742. The summed E-state index contributed by atoms with van der Waals surface area (Å²) in [6, 6.07) is 0. The van der Waals surface area contributed by atoms with Gasteiger partial charge in [-0.2, -0.15) is 0 Å². The highest BCUT2D eigenvalue weighted by molar-refractivity contribution is 4.92. The van der Waals surface area contributed by atoms with Crippen molar-refractivity contribution in [1.29, 1.82) is 0 Å². The van der Waals surface area contributed by atoms with Gasteiger partial charge in [0.2, 0.25) is 0 Å². The van der Waals surface area contributed by atoms with Crippen LogP contribution < -0.4 is 0 Å². The second-order valence-corrected chi connectivity index (χ2v) is 5.14. The average Bonchev–Trinajstić information content (AvgIpc) is 2.25. The first-order valence-electron chi connectivity index (χ1n) is 6.33. The molecule has 4 heteroatoms. The summed E-state index contributed by atoms with van der Waals surface area (Å²) in [5.41, 5.74) is 0. The van der Waals surface area contributed by atoms with E-state index in [1.165, 1.54) is 0 Å². The molecule has 0 N–H and O–H groups in total. The van der Waals surface area contributed by atoms with Crippen molar-refractivity contribution in [3.63, 3.8) is 0 Å². The van der Waals surface area contributed by atoms with E-state index in [1.807, 2.05) is 13.8 Å². The first kappa shape index (κ1) is 14.9. The molecule has 0 spiro atoms. The molecule has 0 bridgehead atoms. The molecule has 1 aliphatic rings. The second kappa shape index (κ2) is 6.69. The normalized spacial score (nSPS) is 38.6. The number of ether oxygens (including phenoxy) is 4. The summed E-state index contributed by atoms with van der Waals surface area (Å²) in [5, 5.41) is 0. The van der Waals surface area contributed by atoms with Crippen LogP contribution in [0.25, 0.3) is 0 Å². The highest BCUT2D eigenvalue weighted by Gasteiger charge is 2.43. The lowest BCUT2D eigenvalue weighted by Gasteiger charge is -2.43. The van der Waals surface area contributed by atoms with Crippen molar-refractivity contribution in [3.8, 4) is 0 Å². The molecule has 4 nitrogen and oxygen atoms in total. The fourth-order valence-electron chi connectivity index (χ4n) is 2.36. The summed E-state index contributed by atoms with van der Waals surface area (Å²) < 4.78 is 22.8. The highest BCUT2D eigenvalue weighted by Crippen LogP contribution is 2.27. The third-order valence-corrected chi connectivity index (χ3v) is 3.17. The standard InChI is InChI=1S/C13H26O4/c1-8(2)7-16-13-11(14-5)9(3)17-10(4)12(13)15-6/h8-13H,7H2,1-6H3/t9-,10?,11-,12-,13-/m0/s1. The fraction of sp³-hybridized carbons (Fsp3) is 1.00. The van der Waals surface area contributed by atoms with Gasteiger partial charge >= 0.3 is 0 Å². The van der Waals surface area contributed by atoms with E-state index in [0.717, 1.165) is 0 Å². The van der Waals surface area contributed by atoms with Gasteiger partial charge in [0.15, 0.2) is 0 Å². The lowest BCUT2D eigenvalue weighted by Crippen LogP contribution is -2.58. The van der Waals surface area contributed by atoms with Gasteiger partial charge in [0.1, 0.15) is 18.3 Å². The van der Waals surface area contributed by atoms with E-state index in [9.17, 15) is 0 Å². The number of hydrogen-bond donors (Lipinski definition) is 0. The van der Waals surface area contributed by atoms with Crippen molar-refractivity contribution in [3.05, 3.63) is 0 Å². The van der Waals surface area contributed by atoms with Crippen LogP contribution in [0.4, 0.5) is 0 Å². The van der Waals surface area contributed by atoms with Crippen LogP contribution in [-0.4, -0.2) is 51.3 Å². The maximum atomic E-state index is 5.96. The smallest absolute Gasteiger partial charge is 0.115 e. The molecule has 1 saturated heterocycles. The van der Waals surface area contributed by atoms with Gasteiger partial charge in [-0.15, -0.1) is 0 Å². The van der Waals surface area contributed by atoms with E-state index in [0.29, 0.717) is 12.5 Å². The van der Waals surface area contributed by atoms with Crippen LogP contribution >= 0.6 is 0 Å². The van der Waals surface area contributed by atoms with Crippen LogP contribution in [0.3, 0.4) is 0 Å². The predicted octanol–water partition coefficient (Wildman–Crippen LogP) is 1.86. The van der Waals surface area contributed by atoms with Crippen molar-refractivity contribution in [1.82, 2.24) is 0 Å². The van der Waals surface area contributed by atoms with Crippen LogP contribution in [0, 0.1) is 5.92 Å². The van der Waals surface area contributed by atoms with E-state index in [-0.39, 0.29) is 30.5 Å². The molecule has 1 rings (SSSR count). The number of methoxy groups -OCH3 is 2. The summed E-state index contributed by atoms with van der Waals surface area (Å²) in [6.45, 7) is 9.01. The van der Waals surface area contributed by atoms with Gasteiger partial charge in [0, 0.05) is 20.8 Å². The highest BCUT2D eigenvalue weighted by atomic mass is 16.6. The first-order chi connectivity index (χ1) is 8.01. The van der Waals surface area contributed by atoms with Gasteiger partial charge in [0.25, 0.3) is 0 Å². The molecule has 0 aromatic heterocycles. The molecule has 0 aromatic carbocycles. The lowest BCUT2D eigenvalue weighted by molar-refractivity contribution is -0.241. The molecule has 1 unspecified atom stereocenters. The Labute approximate surface area is 105 Å². The third kappa shape index (κ3) is 3.65. The molecule has 17 heavy (non-hydrogen) atoms. The summed E-state index contributed by atoms with van der Waals surface area (Å²) in [5.74, 6) is 0.499. The fourth-order valence-corrected chi connectivity index (χ4v) is 2.36. The Hall–Kier alpha value is -0.160. The van der Waals surface area contributed by atoms with E-state index < -0.39 is 0 Å². The molecule has 0 amide bonds. The average molecular weight is 246 g/mol. The molecule has 0 saturated carbocycles. The minimum Gasteiger partial charge on any atom is -0.376 e. The van der Waals surface area contributed by atoms with Gasteiger partial charge in [0.05, 0.1) is 12.2 Å². The maximum absolute atomic E-state index is 5.96. The molecule has 102 valence electrons. The Morgan fingerprint density at radius 3 is 1.76 bits per heavy atom. The second-order valence-electron chi connectivity index (χ2n) is 5.14.